The Morgan fingerprint density at radius 3 is 2.26 bits per heavy atom. The molecule has 3 aromatic carbocycles. The topological polar surface area (TPSA) is 33.5 Å². The minimum Gasteiger partial charge on any atom is -0.457 e. The standard InChI is InChI=1S/C30H23Cl2NO2/c1-19(2)20-8-11-24(12-9-20)33-28(21-6-4-3-5-7-21)18-23(30(33)34)16-25-13-15-29(35-25)22-10-14-26(31)27(32)17-22/h3-19H,1-2H3/b23-16-. The number of hydrogen-bond donors (Lipinski definition) is 0. The molecule has 0 fully saturated rings. The Hall–Kier alpha value is -3.53. The number of rotatable bonds is 5. The summed E-state index contributed by atoms with van der Waals surface area (Å²) in [6, 6.07) is 27.1. The lowest BCUT2D eigenvalue weighted by atomic mass is 10.0. The number of anilines is 1. The van der Waals surface area contributed by atoms with Crippen LogP contribution < -0.4 is 4.90 Å². The van der Waals surface area contributed by atoms with Gasteiger partial charge in [0, 0.05) is 16.8 Å². The molecule has 5 heteroatoms. The van der Waals surface area contributed by atoms with Gasteiger partial charge in [-0.3, -0.25) is 9.69 Å². The molecule has 4 aromatic rings. The van der Waals surface area contributed by atoms with Gasteiger partial charge >= 0.3 is 0 Å². The number of benzene rings is 3. The first-order valence-electron chi connectivity index (χ1n) is 11.4. The SMILES string of the molecule is CC(C)c1ccc(N2C(=O)/C(=C\c3ccc(-c4ccc(Cl)c(Cl)c4)o3)C=C2c2ccccc2)cc1. The summed E-state index contributed by atoms with van der Waals surface area (Å²) in [6.07, 6.45) is 3.68. The van der Waals surface area contributed by atoms with E-state index in [-0.39, 0.29) is 5.91 Å². The zero-order valence-electron chi connectivity index (χ0n) is 19.3. The number of carbonyl (C=O) groups excluding carboxylic acids is 1. The fourth-order valence-electron chi connectivity index (χ4n) is 4.09. The van der Waals surface area contributed by atoms with E-state index in [1.807, 2.05) is 66.7 Å². The minimum atomic E-state index is -0.103. The average molecular weight is 500 g/mol. The van der Waals surface area contributed by atoms with E-state index in [4.69, 9.17) is 27.6 Å². The molecule has 35 heavy (non-hydrogen) atoms. The maximum absolute atomic E-state index is 13.6. The molecule has 1 amide bonds. The molecule has 0 N–H and O–H groups in total. The molecule has 3 nitrogen and oxygen atoms in total. The van der Waals surface area contributed by atoms with Crippen LogP contribution in [0.4, 0.5) is 5.69 Å². The molecule has 0 saturated heterocycles. The monoisotopic (exact) mass is 499 g/mol. The Morgan fingerprint density at radius 2 is 1.57 bits per heavy atom. The molecule has 2 heterocycles. The van der Waals surface area contributed by atoms with E-state index in [9.17, 15) is 4.79 Å². The Bertz CT molecular complexity index is 1450. The summed E-state index contributed by atoms with van der Waals surface area (Å²) in [7, 11) is 0. The third-order valence-electron chi connectivity index (χ3n) is 6.00. The summed E-state index contributed by atoms with van der Waals surface area (Å²) >= 11 is 12.2. The molecule has 0 radical (unpaired) electrons. The first kappa shape index (κ1) is 23.2. The van der Waals surface area contributed by atoms with Crippen molar-refractivity contribution in [2.45, 2.75) is 19.8 Å². The van der Waals surface area contributed by atoms with Gasteiger partial charge in [-0.1, -0.05) is 79.5 Å². The van der Waals surface area contributed by atoms with Gasteiger partial charge in [-0.05, 0) is 71.7 Å². The van der Waals surface area contributed by atoms with E-state index >= 15 is 0 Å². The molecule has 0 unspecified atom stereocenters. The molecule has 0 aliphatic carbocycles. The molecule has 0 spiro atoms. The van der Waals surface area contributed by atoms with Crippen LogP contribution in [0.2, 0.25) is 10.0 Å². The van der Waals surface area contributed by atoms with Gasteiger partial charge in [-0.2, -0.15) is 0 Å². The zero-order valence-corrected chi connectivity index (χ0v) is 20.8. The predicted octanol–water partition coefficient (Wildman–Crippen LogP) is 8.85. The summed E-state index contributed by atoms with van der Waals surface area (Å²) in [5, 5.41) is 0.946. The highest BCUT2D eigenvalue weighted by Crippen LogP contribution is 2.36. The molecule has 1 aromatic heterocycles. The molecule has 1 aliphatic heterocycles. The fraction of sp³-hybridized carbons (Fsp3) is 0.100. The molecular formula is C30H23Cl2NO2. The van der Waals surface area contributed by atoms with Crippen molar-refractivity contribution in [3.8, 4) is 11.3 Å². The molecule has 0 atom stereocenters. The third kappa shape index (κ3) is 4.70. The highest BCUT2D eigenvalue weighted by atomic mass is 35.5. The van der Waals surface area contributed by atoms with Gasteiger partial charge in [0.05, 0.1) is 15.7 Å². The largest absolute Gasteiger partial charge is 0.457 e. The van der Waals surface area contributed by atoms with E-state index in [1.54, 1.807) is 23.1 Å². The van der Waals surface area contributed by atoms with Gasteiger partial charge in [-0.25, -0.2) is 0 Å². The quantitative estimate of drug-likeness (QED) is 0.257. The normalized spacial score (nSPS) is 14.8. The third-order valence-corrected chi connectivity index (χ3v) is 6.74. The molecule has 1 aliphatic rings. The van der Waals surface area contributed by atoms with Crippen molar-refractivity contribution in [1.29, 1.82) is 0 Å². The van der Waals surface area contributed by atoms with Crippen LogP contribution in [-0.2, 0) is 4.79 Å². The Kier molecular flexibility index (Phi) is 6.38. The van der Waals surface area contributed by atoms with Gasteiger partial charge in [-0.15, -0.1) is 0 Å². The van der Waals surface area contributed by atoms with Crippen LogP contribution in [0.3, 0.4) is 0 Å². The Morgan fingerprint density at radius 1 is 0.829 bits per heavy atom. The summed E-state index contributed by atoms with van der Waals surface area (Å²) < 4.78 is 6.02. The summed E-state index contributed by atoms with van der Waals surface area (Å²) in [5.41, 5.74) is 5.21. The molecule has 5 rings (SSSR count). The van der Waals surface area contributed by atoms with Crippen molar-refractivity contribution in [2.75, 3.05) is 4.90 Å². The number of carbonyl (C=O) groups is 1. The van der Waals surface area contributed by atoms with Gasteiger partial charge in [0.25, 0.3) is 5.91 Å². The highest BCUT2D eigenvalue weighted by molar-refractivity contribution is 6.42. The Balaban J connectivity index is 1.52. The van der Waals surface area contributed by atoms with Crippen LogP contribution in [0.1, 0.15) is 36.7 Å². The lowest BCUT2D eigenvalue weighted by molar-refractivity contribution is -0.113. The van der Waals surface area contributed by atoms with Crippen LogP contribution in [0.15, 0.2) is 101 Å². The number of hydrogen-bond acceptors (Lipinski definition) is 2. The number of furan rings is 1. The van der Waals surface area contributed by atoms with Crippen LogP contribution in [0.5, 0.6) is 0 Å². The Labute approximate surface area is 214 Å². The molecule has 0 saturated carbocycles. The molecule has 174 valence electrons. The first-order chi connectivity index (χ1) is 16.9. The average Bonchev–Trinajstić information content (AvgIpc) is 3.46. The number of halogens is 2. The number of nitrogens with zero attached hydrogens (tertiary/aromatic N) is 1. The van der Waals surface area contributed by atoms with Gasteiger partial charge in [0.1, 0.15) is 11.5 Å². The van der Waals surface area contributed by atoms with Crippen molar-refractivity contribution < 1.29 is 9.21 Å². The number of amides is 1. The lowest BCUT2D eigenvalue weighted by Gasteiger charge is -2.21. The van der Waals surface area contributed by atoms with Crippen LogP contribution in [0.25, 0.3) is 23.1 Å². The van der Waals surface area contributed by atoms with Gasteiger partial charge < -0.3 is 4.42 Å². The second kappa shape index (κ2) is 9.61. The van der Waals surface area contributed by atoms with E-state index in [0.717, 1.165) is 22.5 Å². The zero-order chi connectivity index (χ0) is 24.5. The van der Waals surface area contributed by atoms with E-state index < -0.39 is 0 Å². The summed E-state index contributed by atoms with van der Waals surface area (Å²) in [4.78, 5) is 15.4. The molecular weight excluding hydrogens is 477 g/mol. The second-order valence-corrected chi connectivity index (χ2v) is 9.53. The van der Waals surface area contributed by atoms with Crippen molar-refractivity contribution in [3.63, 3.8) is 0 Å². The van der Waals surface area contributed by atoms with Crippen LogP contribution >= 0.6 is 23.2 Å². The predicted molar refractivity (Wildman–Crippen MR) is 145 cm³/mol. The maximum Gasteiger partial charge on any atom is 0.263 e. The van der Waals surface area contributed by atoms with Crippen molar-refractivity contribution in [2.24, 2.45) is 0 Å². The fourth-order valence-corrected chi connectivity index (χ4v) is 4.39. The van der Waals surface area contributed by atoms with Crippen molar-refractivity contribution >= 4 is 46.6 Å². The van der Waals surface area contributed by atoms with E-state index in [1.165, 1.54) is 5.56 Å². The lowest BCUT2D eigenvalue weighted by Crippen LogP contribution is -2.24. The maximum atomic E-state index is 13.6. The molecule has 0 bridgehead atoms. The van der Waals surface area contributed by atoms with Crippen molar-refractivity contribution in [3.05, 3.63) is 124 Å². The van der Waals surface area contributed by atoms with E-state index in [2.05, 4.69) is 26.0 Å². The minimum absolute atomic E-state index is 0.103. The van der Waals surface area contributed by atoms with Crippen LogP contribution in [-0.4, -0.2) is 5.91 Å². The second-order valence-electron chi connectivity index (χ2n) is 8.71. The highest BCUT2D eigenvalue weighted by Gasteiger charge is 2.30. The first-order valence-corrected chi connectivity index (χ1v) is 12.1. The van der Waals surface area contributed by atoms with Crippen molar-refractivity contribution in [1.82, 2.24) is 0 Å². The van der Waals surface area contributed by atoms with Gasteiger partial charge in [0.15, 0.2) is 0 Å². The van der Waals surface area contributed by atoms with Crippen LogP contribution in [0, 0.1) is 0 Å². The summed E-state index contributed by atoms with van der Waals surface area (Å²) in [6.45, 7) is 4.31. The van der Waals surface area contributed by atoms with Gasteiger partial charge in [0.2, 0.25) is 0 Å². The summed E-state index contributed by atoms with van der Waals surface area (Å²) in [5.74, 6) is 1.54. The smallest absolute Gasteiger partial charge is 0.263 e. The van der Waals surface area contributed by atoms with E-state index in [0.29, 0.717) is 33.1 Å².